The predicted molar refractivity (Wildman–Crippen MR) is 82.4 cm³/mol. The lowest BCUT2D eigenvalue weighted by atomic mass is 10.2. The Balaban J connectivity index is 1.94. The first kappa shape index (κ1) is 15.3. The van der Waals surface area contributed by atoms with Crippen molar-refractivity contribution in [3.8, 4) is 5.75 Å². The molecule has 1 heterocycles. The second-order valence-corrected chi connectivity index (χ2v) is 6.68. The predicted octanol–water partition coefficient (Wildman–Crippen LogP) is 2.35. The third kappa shape index (κ3) is 2.98. The summed E-state index contributed by atoms with van der Waals surface area (Å²) in [7, 11) is -4.00. The van der Waals surface area contributed by atoms with Gasteiger partial charge in [-0.2, -0.15) is 0 Å². The fourth-order valence-corrected chi connectivity index (χ4v) is 3.20. The SMILES string of the molecule is CC1Oc2ccc(S(=O)(=O)Nc3ccccc3F)cc2NC1=O. The molecule has 0 aromatic heterocycles. The Morgan fingerprint density at radius 1 is 1.22 bits per heavy atom. The number of halogens is 1. The number of anilines is 2. The molecule has 1 amide bonds. The number of ether oxygens (including phenoxy) is 1. The molecule has 0 aliphatic carbocycles. The molecule has 8 heteroatoms. The average Bonchev–Trinajstić information content (AvgIpc) is 2.50. The molecule has 2 aromatic rings. The maximum absolute atomic E-state index is 13.6. The van der Waals surface area contributed by atoms with E-state index in [2.05, 4.69) is 10.0 Å². The van der Waals surface area contributed by atoms with E-state index >= 15 is 0 Å². The van der Waals surface area contributed by atoms with Crippen LogP contribution in [0, 0.1) is 5.82 Å². The van der Waals surface area contributed by atoms with E-state index in [1.807, 2.05) is 0 Å². The summed E-state index contributed by atoms with van der Waals surface area (Å²) in [6.45, 7) is 1.59. The molecule has 6 nitrogen and oxygen atoms in total. The summed E-state index contributed by atoms with van der Waals surface area (Å²) in [5.41, 5.74) is 0.101. The van der Waals surface area contributed by atoms with Crippen LogP contribution in [-0.2, 0) is 14.8 Å². The number of fused-ring (bicyclic) bond motifs is 1. The van der Waals surface area contributed by atoms with Crippen molar-refractivity contribution in [2.24, 2.45) is 0 Å². The molecule has 1 aliphatic heterocycles. The van der Waals surface area contributed by atoms with Gasteiger partial charge in [-0.3, -0.25) is 9.52 Å². The van der Waals surface area contributed by atoms with E-state index in [0.717, 1.165) is 6.07 Å². The van der Waals surface area contributed by atoms with Gasteiger partial charge in [0.25, 0.3) is 15.9 Å². The quantitative estimate of drug-likeness (QED) is 0.901. The third-order valence-corrected chi connectivity index (χ3v) is 4.67. The average molecular weight is 336 g/mol. The normalized spacial score (nSPS) is 17.0. The Labute approximate surface area is 132 Å². The Morgan fingerprint density at radius 2 is 1.96 bits per heavy atom. The lowest BCUT2D eigenvalue weighted by molar-refractivity contribution is -0.122. The van der Waals surface area contributed by atoms with Crippen LogP contribution >= 0.6 is 0 Å². The van der Waals surface area contributed by atoms with Crippen LogP contribution in [0.1, 0.15) is 6.92 Å². The molecule has 1 aliphatic rings. The maximum Gasteiger partial charge on any atom is 0.265 e. The van der Waals surface area contributed by atoms with E-state index < -0.39 is 21.9 Å². The zero-order valence-electron chi connectivity index (χ0n) is 12.0. The van der Waals surface area contributed by atoms with Crippen LogP contribution < -0.4 is 14.8 Å². The van der Waals surface area contributed by atoms with Gasteiger partial charge in [0.15, 0.2) is 6.10 Å². The van der Waals surface area contributed by atoms with Gasteiger partial charge in [0.05, 0.1) is 16.3 Å². The van der Waals surface area contributed by atoms with Crippen molar-refractivity contribution < 1.29 is 22.3 Å². The first-order valence-corrected chi connectivity index (χ1v) is 8.24. The fraction of sp³-hybridized carbons (Fsp3) is 0.133. The molecule has 1 unspecified atom stereocenters. The second kappa shape index (κ2) is 5.54. The van der Waals surface area contributed by atoms with Crippen LogP contribution in [-0.4, -0.2) is 20.4 Å². The van der Waals surface area contributed by atoms with Crippen molar-refractivity contribution in [1.82, 2.24) is 0 Å². The Hall–Kier alpha value is -2.61. The molecule has 23 heavy (non-hydrogen) atoms. The number of carbonyl (C=O) groups is 1. The van der Waals surface area contributed by atoms with Crippen molar-refractivity contribution in [2.75, 3.05) is 10.0 Å². The molecule has 2 aromatic carbocycles. The molecular formula is C15H13FN2O4S. The summed E-state index contributed by atoms with van der Waals surface area (Å²) >= 11 is 0. The number of sulfonamides is 1. The second-order valence-electron chi connectivity index (χ2n) is 4.99. The molecule has 0 fully saturated rings. The minimum atomic E-state index is -4.00. The first-order valence-electron chi connectivity index (χ1n) is 6.76. The summed E-state index contributed by atoms with van der Waals surface area (Å²) in [5, 5.41) is 2.57. The van der Waals surface area contributed by atoms with Gasteiger partial charge >= 0.3 is 0 Å². The zero-order valence-corrected chi connectivity index (χ0v) is 12.9. The van der Waals surface area contributed by atoms with Crippen molar-refractivity contribution >= 4 is 27.3 Å². The van der Waals surface area contributed by atoms with Gasteiger partial charge < -0.3 is 10.1 Å². The molecular weight excluding hydrogens is 323 g/mol. The summed E-state index contributed by atoms with van der Waals surface area (Å²) in [4.78, 5) is 11.5. The third-order valence-electron chi connectivity index (χ3n) is 3.31. The van der Waals surface area contributed by atoms with E-state index in [0.29, 0.717) is 5.75 Å². The number of hydrogen-bond acceptors (Lipinski definition) is 4. The van der Waals surface area contributed by atoms with Gasteiger partial charge in [-0.05, 0) is 37.3 Å². The number of rotatable bonds is 3. The van der Waals surface area contributed by atoms with Crippen LogP contribution in [0.25, 0.3) is 0 Å². The van der Waals surface area contributed by atoms with Gasteiger partial charge in [-0.1, -0.05) is 12.1 Å². The molecule has 2 N–H and O–H groups in total. The largest absolute Gasteiger partial charge is 0.479 e. The minimum Gasteiger partial charge on any atom is -0.479 e. The summed E-state index contributed by atoms with van der Waals surface area (Å²) < 4.78 is 45.8. The molecule has 120 valence electrons. The number of nitrogens with one attached hydrogen (secondary N) is 2. The van der Waals surface area contributed by atoms with Crippen molar-refractivity contribution in [2.45, 2.75) is 17.9 Å². The van der Waals surface area contributed by atoms with Gasteiger partial charge in [-0.15, -0.1) is 0 Å². The van der Waals surface area contributed by atoms with Crippen molar-refractivity contribution in [3.05, 3.63) is 48.3 Å². The highest BCUT2D eigenvalue weighted by Crippen LogP contribution is 2.32. The molecule has 0 radical (unpaired) electrons. The van der Waals surface area contributed by atoms with Crippen LogP contribution in [0.3, 0.4) is 0 Å². The highest BCUT2D eigenvalue weighted by molar-refractivity contribution is 7.92. The zero-order chi connectivity index (χ0) is 16.6. The number of hydrogen-bond donors (Lipinski definition) is 2. The number of carbonyl (C=O) groups excluding carboxylic acids is 1. The van der Waals surface area contributed by atoms with E-state index in [4.69, 9.17) is 4.74 Å². The van der Waals surface area contributed by atoms with Crippen LogP contribution in [0.4, 0.5) is 15.8 Å². The minimum absolute atomic E-state index is 0.113. The van der Waals surface area contributed by atoms with Crippen molar-refractivity contribution in [1.29, 1.82) is 0 Å². The van der Waals surface area contributed by atoms with E-state index in [9.17, 15) is 17.6 Å². The Kier molecular flexibility index (Phi) is 3.69. The summed E-state index contributed by atoms with van der Waals surface area (Å²) in [6.07, 6.45) is -0.651. The van der Waals surface area contributed by atoms with E-state index in [-0.39, 0.29) is 22.2 Å². The van der Waals surface area contributed by atoms with E-state index in [1.54, 1.807) is 6.92 Å². The molecule has 0 saturated carbocycles. The lowest BCUT2D eigenvalue weighted by Crippen LogP contribution is -2.34. The van der Waals surface area contributed by atoms with Crippen LogP contribution in [0.15, 0.2) is 47.4 Å². The number of para-hydroxylation sites is 1. The summed E-state index contributed by atoms with van der Waals surface area (Å²) in [6, 6.07) is 9.48. The Bertz CT molecular complexity index is 883. The van der Waals surface area contributed by atoms with Crippen molar-refractivity contribution in [3.63, 3.8) is 0 Å². The number of benzene rings is 2. The topological polar surface area (TPSA) is 84.5 Å². The lowest BCUT2D eigenvalue weighted by Gasteiger charge is -2.23. The van der Waals surface area contributed by atoms with Gasteiger partial charge in [0, 0.05) is 0 Å². The van der Waals surface area contributed by atoms with Crippen LogP contribution in [0.5, 0.6) is 5.75 Å². The monoisotopic (exact) mass is 336 g/mol. The van der Waals surface area contributed by atoms with Gasteiger partial charge in [-0.25, -0.2) is 12.8 Å². The standard InChI is InChI=1S/C15H13FN2O4S/c1-9-15(19)17-13-8-10(6-7-14(13)22-9)23(20,21)18-12-5-3-2-4-11(12)16/h2-9,18H,1H3,(H,17,19). The van der Waals surface area contributed by atoms with Gasteiger partial charge in [0.1, 0.15) is 11.6 Å². The molecule has 3 rings (SSSR count). The number of amides is 1. The summed E-state index contributed by atoms with van der Waals surface area (Å²) in [5.74, 6) is -0.671. The molecule has 0 spiro atoms. The molecule has 0 saturated heterocycles. The highest BCUT2D eigenvalue weighted by atomic mass is 32.2. The fourth-order valence-electron chi connectivity index (χ4n) is 2.10. The Morgan fingerprint density at radius 3 is 2.70 bits per heavy atom. The highest BCUT2D eigenvalue weighted by Gasteiger charge is 2.25. The first-order chi connectivity index (χ1) is 10.9. The maximum atomic E-state index is 13.6. The van der Waals surface area contributed by atoms with E-state index in [1.165, 1.54) is 36.4 Å². The van der Waals surface area contributed by atoms with Crippen LogP contribution in [0.2, 0.25) is 0 Å². The molecule has 1 atom stereocenters. The van der Waals surface area contributed by atoms with Gasteiger partial charge in [0.2, 0.25) is 0 Å². The smallest absolute Gasteiger partial charge is 0.265 e. The molecule has 0 bridgehead atoms.